The number of nitrogens with two attached hydrogens (primary N) is 1. The van der Waals surface area contributed by atoms with Crippen LogP contribution in [0.1, 0.15) is 18.0 Å². The predicted octanol–water partition coefficient (Wildman–Crippen LogP) is -0.181. The molecule has 7 heteroatoms. The Morgan fingerprint density at radius 1 is 1.30 bits per heavy atom. The molecule has 20 heavy (non-hydrogen) atoms. The molecule has 0 saturated heterocycles. The van der Waals surface area contributed by atoms with E-state index in [-0.39, 0.29) is 0 Å². The maximum atomic E-state index is 11.9. The predicted molar refractivity (Wildman–Crippen MR) is 69.6 cm³/mol. The Labute approximate surface area is 115 Å². The van der Waals surface area contributed by atoms with Crippen molar-refractivity contribution in [2.24, 2.45) is 5.73 Å². The zero-order chi connectivity index (χ0) is 15.1. The highest BCUT2D eigenvalue weighted by Crippen LogP contribution is 2.10. The topological polar surface area (TPSA) is 119 Å². The maximum absolute atomic E-state index is 11.9. The van der Waals surface area contributed by atoms with Crippen LogP contribution < -0.4 is 11.1 Å². The Kier molecular flexibility index (Phi) is 5.67. The molecule has 0 aliphatic carbocycles. The number of amides is 1. The van der Waals surface area contributed by atoms with Crippen LogP contribution in [0.5, 0.6) is 0 Å². The smallest absolute Gasteiger partial charge is 0.326 e. The van der Waals surface area contributed by atoms with Gasteiger partial charge in [0.15, 0.2) is 0 Å². The normalized spacial score (nSPS) is 13.1. The van der Waals surface area contributed by atoms with Crippen molar-refractivity contribution in [3.63, 3.8) is 0 Å². The van der Waals surface area contributed by atoms with E-state index in [0.717, 1.165) is 7.11 Å². The lowest BCUT2D eigenvalue weighted by molar-refractivity contribution is -0.148. The van der Waals surface area contributed by atoms with Crippen LogP contribution in [0.15, 0.2) is 30.3 Å². The minimum Gasteiger partial charge on any atom is -0.480 e. The van der Waals surface area contributed by atoms with E-state index in [0.29, 0.717) is 5.56 Å². The number of aliphatic carboxylic acids is 1. The largest absolute Gasteiger partial charge is 0.480 e. The Hall–Kier alpha value is -2.41. The fourth-order valence-electron chi connectivity index (χ4n) is 1.52. The number of hydrogen-bond acceptors (Lipinski definition) is 5. The molecule has 0 unspecified atom stereocenters. The molecule has 0 spiro atoms. The van der Waals surface area contributed by atoms with Gasteiger partial charge in [0.05, 0.1) is 13.5 Å². The van der Waals surface area contributed by atoms with Crippen molar-refractivity contribution >= 4 is 17.8 Å². The Morgan fingerprint density at radius 2 is 1.90 bits per heavy atom. The summed E-state index contributed by atoms with van der Waals surface area (Å²) in [6.07, 6.45) is -0.459. The van der Waals surface area contributed by atoms with Crippen LogP contribution >= 0.6 is 0 Å². The summed E-state index contributed by atoms with van der Waals surface area (Å²) in [6, 6.07) is 6.13. The van der Waals surface area contributed by atoms with E-state index in [2.05, 4.69) is 10.1 Å². The molecule has 108 valence electrons. The SMILES string of the molecule is COC(=O)C[C@H](NC(=O)[C@@H](N)c1ccccc1)C(=O)O. The highest BCUT2D eigenvalue weighted by Gasteiger charge is 2.26. The molecular formula is C13H16N2O5. The van der Waals surface area contributed by atoms with Crippen molar-refractivity contribution in [1.29, 1.82) is 0 Å². The fraction of sp³-hybridized carbons (Fsp3) is 0.308. The van der Waals surface area contributed by atoms with E-state index in [1.54, 1.807) is 30.3 Å². The zero-order valence-electron chi connectivity index (χ0n) is 10.9. The molecular weight excluding hydrogens is 264 g/mol. The molecule has 1 amide bonds. The molecule has 0 radical (unpaired) electrons. The standard InChI is InChI=1S/C13H16N2O5/c1-20-10(16)7-9(13(18)19)15-12(17)11(14)8-5-3-2-4-6-8/h2-6,9,11H,7,14H2,1H3,(H,15,17)(H,18,19)/t9-,11-/m0/s1. The number of benzene rings is 1. The highest BCUT2D eigenvalue weighted by atomic mass is 16.5. The maximum Gasteiger partial charge on any atom is 0.326 e. The molecule has 2 atom stereocenters. The number of esters is 1. The Bertz CT molecular complexity index is 489. The van der Waals surface area contributed by atoms with Crippen LogP contribution in [0, 0.1) is 0 Å². The molecule has 0 aliphatic heterocycles. The number of methoxy groups -OCH3 is 1. The van der Waals surface area contributed by atoms with Crippen molar-refractivity contribution in [2.45, 2.75) is 18.5 Å². The fourth-order valence-corrected chi connectivity index (χ4v) is 1.52. The molecule has 1 aromatic carbocycles. The van der Waals surface area contributed by atoms with Gasteiger partial charge in [0, 0.05) is 0 Å². The second-order valence-corrected chi connectivity index (χ2v) is 4.07. The third kappa shape index (κ3) is 4.36. The first-order valence-electron chi connectivity index (χ1n) is 5.86. The zero-order valence-corrected chi connectivity index (χ0v) is 10.9. The number of hydrogen-bond donors (Lipinski definition) is 3. The number of carboxylic acid groups (broad SMARTS) is 1. The number of nitrogens with one attached hydrogen (secondary N) is 1. The summed E-state index contributed by atoms with van der Waals surface area (Å²) in [7, 11) is 1.14. The van der Waals surface area contributed by atoms with Gasteiger partial charge in [0.25, 0.3) is 0 Å². The van der Waals surface area contributed by atoms with Crippen molar-refractivity contribution in [3.05, 3.63) is 35.9 Å². The summed E-state index contributed by atoms with van der Waals surface area (Å²) in [5.74, 6) is -2.73. The van der Waals surface area contributed by atoms with Gasteiger partial charge in [-0.2, -0.15) is 0 Å². The van der Waals surface area contributed by atoms with Crippen LogP contribution in [0.4, 0.5) is 0 Å². The number of carbonyl (C=O) groups excluding carboxylic acids is 2. The Morgan fingerprint density at radius 3 is 2.40 bits per heavy atom. The van der Waals surface area contributed by atoms with Gasteiger partial charge in [0.1, 0.15) is 12.1 Å². The van der Waals surface area contributed by atoms with Gasteiger partial charge in [-0.3, -0.25) is 9.59 Å². The van der Waals surface area contributed by atoms with Crippen molar-refractivity contribution in [2.75, 3.05) is 7.11 Å². The van der Waals surface area contributed by atoms with Crippen LogP contribution in [0.25, 0.3) is 0 Å². The molecule has 1 rings (SSSR count). The van der Waals surface area contributed by atoms with E-state index in [4.69, 9.17) is 10.8 Å². The number of rotatable bonds is 6. The van der Waals surface area contributed by atoms with Gasteiger partial charge in [-0.1, -0.05) is 30.3 Å². The third-order valence-corrected chi connectivity index (χ3v) is 2.65. The van der Waals surface area contributed by atoms with Crippen LogP contribution in [-0.4, -0.2) is 36.1 Å². The lowest BCUT2D eigenvalue weighted by Crippen LogP contribution is -2.46. The van der Waals surface area contributed by atoms with E-state index >= 15 is 0 Å². The average molecular weight is 280 g/mol. The number of carboxylic acids is 1. The van der Waals surface area contributed by atoms with E-state index in [1.165, 1.54) is 0 Å². The van der Waals surface area contributed by atoms with E-state index in [9.17, 15) is 14.4 Å². The Balaban J connectivity index is 2.71. The molecule has 0 bridgehead atoms. The van der Waals surface area contributed by atoms with Crippen molar-refractivity contribution in [3.8, 4) is 0 Å². The number of ether oxygens (including phenoxy) is 1. The molecule has 0 aliphatic rings. The van der Waals surface area contributed by atoms with Gasteiger partial charge < -0.3 is 20.9 Å². The van der Waals surface area contributed by atoms with Crippen molar-refractivity contribution < 1.29 is 24.2 Å². The van der Waals surface area contributed by atoms with Gasteiger partial charge in [-0.05, 0) is 5.56 Å². The molecule has 1 aromatic rings. The second kappa shape index (κ2) is 7.25. The quantitative estimate of drug-likeness (QED) is 0.622. The summed E-state index contributed by atoms with van der Waals surface area (Å²) in [4.78, 5) is 33.9. The van der Waals surface area contributed by atoms with E-state index in [1.807, 2.05) is 0 Å². The monoisotopic (exact) mass is 280 g/mol. The summed E-state index contributed by atoms with van der Waals surface area (Å²) < 4.78 is 4.37. The minimum atomic E-state index is -1.37. The molecule has 4 N–H and O–H groups in total. The summed E-state index contributed by atoms with van der Waals surface area (Å²) in [6.45, 7) is 0. The average Bonchev–Trinajstić information content (AvgIpc) is 2.46. The lowest BCUT2D eigenvalue weighted by Gasteiger charge is -2.17. The highest BCUT2D eigenvalue weighted by molar-refractivity contribution is 5.89. The van der Waals surface area contributed by atoms with Gasteiger partial charge in [-0.25, -0.2) is 4.79 Å². The van der Waals surface area contributed by atoms with Gasteiger partial charge in [0.2, 0.25) is 5.91 Å². The van der Waals surface area contributed by atoms with Gasteiger partial charge >= 0.3 is 11.9 Å². The van der Waals surface area contributed by atoms with Crippen molar-refractivity contribution in [1.82, 2.24) is 5.32 Å². The first-order valence-corrected chi connectivity index (χ1v) is 5.86. The first kappa shape index (κ1) is 15.6. The van der Waals surface area contributed by atoms with Crippen LogP contribution in [0.2, 0.25) is 0 Å². The summed E-state index contributed by atoms with van der Waals surface area (Å²) in [5, 5.41) is 11.2. The van der Waals surface area contributed by atoms with Crippen LogP contribution in [-0.2, 0) is 19.1 Å². The summed E-state index contributed by atoms with van der Waals surface area (Å²) >= 11 is 0. The third-order valence-electron chi connectivity index (χ3n) is 2.65. The van der Waals surface area contributed by atoms with Gasteiger partial charge in [-0.15, -0.1) is 0 Å². The first-order chi connectivity index (χ1) is 9.45. The molecule has 7 nitrogen and oxygen atoms in total. The number of carbonyl (C=O) groups is 3. The second-order valence-electron chi connectivity index (χ2n) is 4.07. The molecule has 0 saturated carbocycles. The molecule has 0 fully saturated rings. The molecule has 0 aromatic heterocycles. The lowest BCUT2D eigenvalue weighted by atomic mass is 10.1. The summed E-state index contributed by atoms with van der Waals surface area (Å²) in [5.41, 5.74) is 6.28. The minimum absolute atomic E-state index is 0.459. The molecule has 0 heterocycles. The van der Waals surface area contributed by atoms with Crippen LogP contribution in [0.3, 0.4) is 0 Å². The van der Waals surface area contributed by atoms with E-state index < -0.39 is 36.4 Å².